The Labute approximate surface area is 183 Å². The molecule has 0 aromatic carbocycles. The first kappa shape index (κ1) is 21.2. The van der Waals surface area contributed by atoms with Crippen LogP contribution in [0.3, 0.4) is 0 Å². The maximum Gasteiger partial charge on any atom is 0.433 e. The molecule has 1 N–H and O–H groups in total. The van der Waals surface area contributed by atoms with Crippen molar-refractivity contribution in [3.05, 3.63) is 29.5 Å². The Morgan fingerprint density at radius 3 is 2.75 bits per heavy atom. The van der Waals surface area contributed by atoms with Crippen molar-refractivity contribution >= 4 is 17.4 Å². The number of hydrogen-bond acceptors (Lipinski definition) is 6. The van der Waals surface area contributed by atoms with Gasteiger partial charge in [0.2, 0.25) is 0 Å². The molecule has 1 aliphatic carbocycles. The molecule has 1 atom stereocenters. The number of aryl methyl sites for hydroxylation is 1. The van der Waals surface area contributed by atoms with Crippen LogP contribution in [-0.2, 0) is 28.7 Å². The Hall–Kier alpha value is -2.69. The lowest BCUT2D eigenvalue weighted by Gasteiger charge is -2.42. The zero-order chi connectivity index (χ0) is 22.7. The first-order valence-corrected chi connectivity index (χ1v) is 10.8. The molecule has 32 heavy (non-hydrogen) atoms. The summed E-state index contributed by atoms with van der Waals surface area (Å²) >= 11 is 0. The highest BCUT2D eigenvalue weighted by Gasteiger charge is 2.50. The fraction of sp³-hybridized carbons (Fsp3) is 0.619. The monoisotopic (exact) mass is 450 g/mol. The second kappa shape index (κ2) is 7.43. The first-order valence-electron chi connectivity index (χ1n) is 10.8. The Balaban J connectivity index is 1.26. The number of carbonyl (C=O) groups excluding carboxylic acids is 1. The fourth-order valence-corrected chi connectivity index (χ4v) is 5.09. The molecule has 1 saturated carbocycles. The first-order chi connectivity index (χ1) is 15.2. The van der Waals surface area contributed by atoms with Crippen molar-refractivity contribution in [1.82, 2.24) is 19.7 Å². The largest absolute Gasteiger partial charge is 0.433 e. The Kier molecular flexibility index (Phi) is 4.92. The highest BCUT2D eigenvalue weighted by molar-refractivity contribution is 6.06. The van der Waals surface area contributed by atoms with Crippen molar-refractivity contribution in [2.45, 2.75) is 50.9 Å². The number of alkyl halides is 3. The van der Waals surface area contributed by atoms with Crippen molar-refractivity contribution in [3.8, 4) is 0 Å². The summed E-state index contributed by atoms with van der Waals surface area (Å²) in [5.41, 5.74) is -0.110. The summed E-state index contributed by atoms with van der Waals surface area (Å²) in [6, 6.07) is 1.01. The van der Waals surface area contributed by atoms with E-state index in [1.807, 2.05) is 18.9 Å². The number of carbonyl (C=O) groups is 1. The van der Waals surface area contributed by atoms with E-state index in [9.17, 15) is 18.0 Å². The van der Waals surface area contributed by atoms with E-state index in [-0.39, 0.29) is 18.4 Å². The molecule has 2 fully saturated rings. The van der Waals surface area contributed by atoms with Gasteiger partial charge in [0.15, 0.2) is 5.82 Å². The summed E-state index contributed by atoms with van der Waals surface area (Å²) in [5, 5.41) is 6.81. The SMILES string of the molecule is Cc1nc(CC2CC(Cn3nccc3C(F)(F)F)C2)nc2c1NC(=O)[C@@]1(CCOC1)N2C. The quantitative estimate of drug-likeness (QED) is 0.771. The van der Waals surface area contributed by atoms with Crippen LogP contribution in [0, 0.1) is 18.8 Å². The molecule has 1 saturated heterocycles. The van der Waals surface area contributed by atoms with Crippen LogP contribution in [0.5, 0.6) is 0 Å². The molecule has 0 bridgehead atoms. The molecular formula is C21H25F3N6O2. The molecular weight excluding hydrogens is 425 g/mol. The van der Waals surface area contributed by atoms with Crippen LogP contribution in [0.2, 0.25) is 0 Å². The minimum Gasteiger partial charge on any atom is -0.378 e. The third kappa shape index (κ3) is 3.42. The average Bonchev–Trinajstić information content (AvgIpc) is 3.36. The number of hydrogen-bond donors (Lipinski definition) is 1. The summed E-state index contributed by atoms with van der Waals surface area (Å²) in [7, 11) is 1.87. The van der Waals surface area contributed by atoms with Crippen molar-refractivity contribution in [1.29, 1.82) is 0 Å². The van der Waals surface area contributed by atoms with E-state index in [4.69, 9.17) is 9.72 Å². The molecule has 2 aromatic heterocycles. The third-order valence-corrected chi connectivity index (χ3v) is 6.98. The standard InChI is InChI=1S/C21H25F3N6O2/c1-12-17-18(29(2)20(19(31)28-17)4-6-32-11-20)27-16(26-12)9-13-7-14(8-13)10-30-15(3-5-25-30)21(22,23)24/h3,5,13-14H,4,6-11H2,1-2H3,(H,28,31)/t13?,14?,20-/m0/s1. The van der Waals surface area contributed by atoms with Gasteiger partial charge in [0.25, 0.3) is 5.91 Å². The van der Waals surface area contributed by atoms with E-state index in [1.165, 1.54) is 6.20 Å². The second-order valence-corrected chi connectivity index (χ2v) is 9.08. The summed E-state index contributed by atoms with van der Waals surface area (Å²) in [6.07, 6.45) is -0.328. The van der Waals surface area contributed by atoms with Crippen LogP contribution in [0.1, 0.15) is 36.5 Å². The lowest BCUT2D eigenvalue weighted by Crippen LogP contribution is -2.59. The van der Waals surface area contributed by atoms with E-state index in [1.54, 1.807) is 0 Å². The summed E-state index contributed by atoms with van der Waals surface area (Å²) < 4.78 is 45.7. The zero-order valence-corrected chi connectivity index (χ0v) is 17.9. The lowest BCUT2D eigenvalue weighted by molar-refractivity contribution is -0.144. The summed E-state index contributed by atoms with van der Waals surface area (Å²) in [6.45, 7) is 2.96. The number of ether oxygens (including phenoxy) is 1. The van der Waals surface area contributed by atoms with Gasteiger partial charge in [-0.2, -0.15) is 18.3 Å². The van der Waals surface area contributed by atoms with E-state index in [2.05, 4.69) is 15.4 Å². The highest BCUT2D eigenvalue weighted by Crippen LogP contribution is 2.41. The summed E-state index contributed by atoms with van der Waals surface area (Å²) in [4.78, 5) is 24.0. The zero-order valence-electron chi connectivity index (χ0n) is 17.9. The maximum absolute atomic E-state index is 13.0. The van der Waals surface area contributed by atoms with Crippen molar-refractivity contribution < 1.29 is 22.7 Å². The number of amides is 1. The number of halogens is 3. The molecule has 8 nitrogen and oxygen atoms in total. The van der Waals surface area contributed by atoms with Gasteiger partial charge < -0.3 is 15.0 Å². The van der Waals surface area contributed by atoms with Crippen molar-refractivity contribution in [2.24, 2.45) is 11.8 Å². The average molecular weight is 450 g/mol. The smallest absolute Gasteiger partial charge is 0.378 e. The number of fused-ring (bicyclic) bond motifs is 1. The van der Waals surface area contributed by atoms with E-state index in [0.29, 0.717) is 55.0 Å². The van der Waals surface area contributed by atoms with Crippen LogP contribution < -0.4 is 10.2 Å². The molecule has 11 heteroatoms. The third-order valence-electron chi connectivity index (χ3n) is 6.98. The minimum atomic E-state index is -4.39. The number of rotatable bonds is 4. The predicted molar refractivity (Wildman–Crippen MR) is 109 cm³/mol. The maximum atomic E-state index is 13.0. The van der Waals surface area contributed by atoms with E-state index in [0.717, 1.165) is 23.6 Å². The predicted octanol–water partition coefficient (Wildman–Crippen LogP) is 2.82. The van der Waals surface area contributed by atoms with Gasteiger partial charge in [-0.15, -0.1) is 0 Å². The molecule has 0 unspecified atom stereocenters. The van der Waals surface area contributed by atoms with Crippen LogP contribution in [-0.4, -0.2) is 51.5 Å². The van der Waals surface area contributed by atoms with Gasteiger partial charge in [0.1, 0.15) is 22.7 Å². The molecule has 4 heterocycles. The normalized spacial score (nSPS) is 27.4. The lowest BCUT2D eigenvalue weighted by atomic mass is 9.73. The number of anilines is 2. The minimum absolute atomic E-state index is 0.0943. The van der Waals surface area contributed by atoms with Crippen LogP contribution in [0.15, 0.2) is 12.3 Å². The van der Waals surface area contributed by atoms with Gasteiger partial charge in [0.05, 0.1) is 12.3 Å². The number of nitrogens with zero attached hydrogens (tertiary/aromatic N) is 5. The van der Waals surface area contributed by atoms with Crippen LogP contribution >= 0.6 is 0 Å². The highest BCUT2D eigenvalue weighted by atomic mass is 19.4. The van der Waals surface area contributed by atoms with Gasteiger partial charge in [-0.3, -0.25) is 9.48 Å². The summed E-state index contributed by atoms with van der Waals surface area (Å²) in [5.74, 6) is 1.76. The molecule has 0 radical (unpaired) electrons. The van der Waals surface area contributed by atoms with Crippen LogP contribution in [0.4, 0.5) is 24.7 Å². The number of likely N-dealkylation sites (N-methyl/N-ethyl adjacent to an activating group) is 1. The molecule has 5 rings (SSSR count). The molecule has 172 valence electrons. The fourth-order valence-electron chi connectivity index (χ4n) is 5.09. The van der Waals surface area contributed by atoms with Crippen LogP contribution in [0.25, 0.3) is 0 Å². The Bertz CT molecular complexity index is 1040. The van der Waals surface area contributed by atoms with Gasteiger partial charge in [-0.05, 0) is 37.7 Å². The van der Waals surface area contributed by atoms with Gasteiger partial charge in [0, 0.05) is 39.2 Å². The topological polar surface area (TPSA) is 85.2 Å². The second-order valence-electron chi connectivity index (χ2n) is 9.08. The Morgan fingerprint density at radius 2 is 2.06 bits per heavy atom. The number of nitrogens with one attached hydrogen (secondary N) is 1. The molecule has 3 aliphatic rings. The van der Waals surface area contributed by atoms with Crippen molar-refractivity contribution in [3.63, 3.8) is 0 Å². The molecule has 1 amide bonds. The van der Waals surface area contributed by atoms with Gasteiger partial charge in [-0.25, -0.2) is 9.97 Å². The number of aromatic nitrogens is 4. The van der Waals surface area contributed by atoms with Crippen molar-refractivity contribution in [2.75, 3.05) is 30.5 Å². The molecule has 1 spiro atoms. The Morgan fingerprint density at radius 1 is 1.28 bits per heavy atom. The van der Waals surface area contributed by atoms with Gasteiger partial charge in [-0.1, -0.05) is 0 Å². The van der Waals surface area contributed by atoms with E-state index < -0.39 is 17.4 Å². The molecule has 2 aromatic rings. The molecule has 2 aliphatic heterocycles. The van der Waals surface area contributed by atoms with E-state index >= 15 is 0 Å². The van der Waals surface area contributed by atoms with Gasteiger partial charge >= 0.3 is 6.18 Å².